The van der Waals surface area contributed by atoms with E-state index in [1.54, 1.807) is 0 Å². The number of aliphatic hydroxyl groups is 1. The Balaban J connectivity index is 2.53. The third-order valence-electron chi connectivity index (χ3n) is 2.97. The molecule has 0 spiro atoms. The highest BCUT2D eigenvalue weighted by molar-refractivity contribution is 6.40. The van der Waals surface area contributed by atoms with Gasteiger partial charge < -0.3 is 26.0 Å². The molecule has 0 bridgehead atoms. The molecule has 1 rings (SSSR count). The molecule has 0 aromatic rings. The first-order valence-electron chi connectivity index (χ1n) is 4.91. The zero-order valence-electron chi connectivity index (χ0n) is 8.33. The summed E-state index contributed by atoms with van der Waals surface area (Å²) in [6, 6.07) is 0. The van der Waals surface area contributed by atoms with Crippen molar-refractivity contribution in [1.29, 1.82) is 0 Å². The van der Waals surface area contributed by atoms with Gasteiger partial charge in [0.1, 0.15) is 5.54 Å². The van der Waals surface area contributed by atoms with Gasteiger partial charge in [-0.3, -0.25) is 4.79 Å². The molecule has 1 aliphatic carbocycles. The second-order valence-corrected chi connectivity index (χ2v) is 4.25. The molecule has 0 saturated heterocycles. The quantitative estimate of drug-likeness (QED) is 0.361. The molecule has 1 aliphatic rings. The van der Waals surface area contributed by atoms with E-state index in [1.165, 1.54) is 0 Å². The van der Waals surface area contributed by atoms with E-state index in [0.29, 0.717) is 6.42 Å². The Labute approximate surface area is 87.9 Å². The summed E-state index contributed by atoms with van der Waals surface area (Å²) >= 11 is 0. The number of hydrogen-bond acceptors (Lipinski definition) is 5. The molecule has 3 atom stereocenters. The van der Waals surface area contributed by atoms with Crippen LogP contribution in [-0.4, -0.2) is 45.0 Å². The Morgan fingerprint density at radius 2 is 2.07 bits per heavy atom. The summed E-state index contributed by atoms with van der Waals surface area (Å²) in [7, 11) is -1.42. The topological polar surface area (TPSA) is 124 Å². The molecule has 1 fully saturated rings. The van der Waals surface area contributed by atoms with Crippen LogP contribution in [0.2, 0.25) is 6.32 Å². The second kappa shape index (κ2) is 4.48. The highest BCUT2D eigenvalue weighted by Crippen LogP contribution is 2.36. The maximum absolute atomic E-state index is 10.8. The van der Waals surface area contributed by atoms with Crippen LogP contribution in [0.25, 0.3) is 0 Å². The molecule has 7 heteroatoms. The van der Waals surface area contributed by atoms with Crippen LogP contribution >= 0.6 is 0 Å². The zero-order chi connectivity index (χ0) is 11.6. The van der Waals surface area contributed by atoms with Gasteiger partial charge in [0.25, 0.3) is 0 Å². The van der Waals surface area contributed by atoms with Gasteiger partial charge in [-0.15, -0.1) is 0 Å². The van der Waals surface area contributed by atoms with E-state index < -0.39 is 24.7 Å². The predicted molar refractivity (Wildman–Crippen MR) is 52.9 cm³/mol. The molecule has 1 unspecified atom stereocenters. The van der Waals surface area contributed by atoms with Crippen molar-refractivity contribution in [3.05, 3.63) is 0 Å². The van der Waals surface area contributed by atoms with Gasteiger partial charge in [-0.25, -0.2) is 0 Å². The van der Waals surface area contributed by atoms with Crippen LogP contribution in [0.15, 0.2) is 0 Å². The van der Waals surface area contributed by atoms with Gasteiger partial charge in [0.15, 0.2) is 0 Å². The lowest BCUT2D eigenvalue weighted by atomic mass is 9.80. The van der Waals surface area contributed by atoms with E-state index >= 15 is 0 Å². The molecule has 86 valence electrons. The number of carboxylic acids is 1. The van der Waals surface area contributed by atoms with Crippen molar-refractivity contribution in [3.8, 4) is 0 Å². The van der Waals surface area contributed by atoms with Crippen LogP contribution in [0.5, 0.6) is 0 Å². The number of rotatable bonds is 4. The smallest absolute Gasteiger partial charge is 0.451 e. The molecule has 6 nitrogen and oxygen atoms in total. The van der Waals surface area contributed by atoms with Crippen LogP contribution < -0.4 is 5.73 Å². The van der Waals surface area contributed by atoms with Gasteiger partial charge in [-0.2, -0.15) is 0 Å². The molecule has 0 aliphatic heterocycles. The monoisotopic (exact) mass is 217 g/mol. The first-order valence-corrected chi connectivity index (χ1v) is 4.91. The standard InChI is InChI=1S/C8H16BNO5/c10-8(7(12)13)3-5(6(11)4-8)1-2-9(14)15/h5-6,11,14-15H,1-4,10H2,(H,12,13)/t5?,6-,8+/m0/s1. The Morgan fingerprint density at radius 3 is 2.47 bits per heavy atom. The normalized spacial score (nSPS) is 35.5. The highest BCUT2D eigenvalue weighted by atomic mass is 16.4. The number of carboxylic acid groups (broad SMARTS) is 1. The van der Waals surface area contributed by atoms with E-state index in [4.69, 9.17) is 20.9 Å². The number of carbonyl (C=O) groups is 1. The van der Waals surface area contributed by atoms with Crippen molar-refractivity contribution < 1.29 is 25.1 Å². The van der Waals surface area contributed by atoms with E-state index in [9.17, 15) is 9.90 Å². The van der Waals surface area contributed by atoms with Crippen molar-refractivity contribution in [3.63, 3.8) is 0 Å². The number of nitrogens with two attached hydrogens (primary N) is 1. The van der Waals surface area contributed by atoms with Gasteiger partial charge in [-0.1, -0.05) is 0 Å². The number of aliphatic hydroxyl groups excluding tert-OH is 1. The van der Waals surface area contributed by atoms with Gasteiger partial charge in [0.2, 0.25) is 0 Å². The summed E-state index contributed by atoms with van der Waals surface area (Å²) in [6.07, 6.45) is -0.0856. The maximum Gasteiger partial charge on any atom is 0.451 e. The summed E-state index contributed by atoms with van der Waals surface area (Å²) in [5.74, 6) is -1.39. The predicted octanol–water partition coefficient (Wildman–Crippen LogP) is -1.60. The van der Waals surface area contributed by atoms with Crippen LogP contribution in [0.4, 0.5) is 0 Å². The van der Waals surface area contributed by atoms with E-state index in [1.807, 2.05) is 0 Å². The summed E-state index contributed by atoms with van der Waals surface area (Å²) in [5, 5.41) is 35.8. The summed E-state index contributed by atoms with van der Waals surface area (Å²) in [4.78, 5) is 10.8. The number of aliphatic carboxylic acids is 1. The fourth-order valence-corrected chi connectivity index (χ4v) is 2.06. The van der Waals surface area contributed by atoms with Gasteiger partial charge in [0.05, 0.1) is 6.10 Å². The minimum atomic E-state index is -1.42. The summed E-state index contributed by atoms with van der Waals surface area (Å²) < 4.78 is 0. The zero-order valence-corrected chi connectivity index (χ0v) is 8.33. The maximum atomic E-state index is 10.8. The lowest BCUT2D eigenvalue weighted by Crippen LogP contribution is -2.45. The van der Waals surface area contributed by atoms with Crippen molar-refractivity contribution in [2.45, 2.75) is 37.2 Å². The molecule has 15 heavy (non-hydrogen) atoms. The molecular formula is C8H16BNO5. The average Bonchev–Trinajstić information content (AvgIpc) is 2.39. The second-order valence-electron chi connectivity index (χ2n) is 4.25. The van der Waals surface area contributed by atoms with Crippen molar-refractivity contribution in [2.75, 3.05) is 0 Å². The van der Waals surface area contributed by atoms with E-state index in [0.717, 1.165) is 0 Å². The van der Waals surface area contributed by atoms with E-state index in [2.05, 4.69) is 0 Å². The fourth-order valence-electron chi connectivity index (χ4n) is 2.06. The molecular weight excluding hydrogens is 201 g/mol. The SMILES string of the molecule is N[C@]1(C(=O)O)CC(CCB(O)O)[C@@H](O)C1. The van der Waals surface area contributed by atoms with Crippen LogP contribution in [0.1, 0.15) is 19.3 Å². The third-order valence-corrected chi connectivity index (χ3v) is 2.97. The van der Waals surface area contributed by atoms with E-state index in [-0.39, 0.29) is 25.1 Å². The van der Waals surface area contributed by atoms with Crippen molar-refractivity contribution >= 4 is 13.1 Å². The summed E-state index contributed by atoms with van der Waals surface area (Å²) in [5.41, 5.74) is 4.23. The first kappa shape index (κ1) is 12.4. The lowest BCUT2D eigenvalue weighted by Gasteiger charge is -2.17. The van der Waals surface area contributed by atoms with Crippen LogP contribution in [0.3, 0.4) is 0 Å². The molecule has 0 amide bonds. The van der Waals surface area contributed by atoms with Crippen LogP contribution in [-0.2, 0) is 4.79 Å². The fraction of sp³-hybridized carbons (Fsp3) is 0.875. The Kier molecular flexibility index (Phi) is 3.72. The molecule has 0 aromatic heterocycles. The largest absolute Gasteiger partial charge is 0.480 e. The first-order chi connectivity index (χ1) is 6.85. The van der Waals surface area contributed by atoms with Crippen molar-refractivity contribution in [2.24, 2.45) is 11.7 Å². The molecule has 0 heterocycles. The van der Waals surface area contributed by atoms with Crippen molar-refractivity contribution in [1.82, 2.24) is 0 Å². The molecule has 1 saturated carbocycles. The van der Waals surface area contributed by atoms with Crippen LogP contribution in [0, 0.1) is 5.92 Å². The Morgan fingerprint density at radius 1 is 1.47 bits per heavy atom. The highest BCUT2D eigenvalue weighted by Gasteiger charge is 2.47. The van der Waals surface area contributed by atoms with Gasteiger partial charge in [-0.05, 0) is 25.1 Å². The number of hydrogen-bond donors (Lipinski definition) is 5. The molecule has 0 radical (unpaired) electrons. The minimum Gasteiger partial charge on any atom is -0.480 e. The average molecular weight is 217 g/mol. The minimum absolute atomic E-state index is 0.0223. The molecule has 0 aromatic carbocycles. The van der Waals surface area contributed by atoms with Gasteiger partial charge >= 0.3 is 13.1 Å². The Hall–Kier alpha value is -0.625. The lowest BCUT2D eigenvalue weighted by molar-refractivity contribution is -0.143. The molecule has 6 N–H and O–H groups in total. The third kappa shape index (κ3) is 2.91. The summed E-state index contributed by atoms with van der Waals surface area (Å²) in [6.45, 7) is 0. The van der Waals surface area contributed by atoms with Gasteiger partial charge in [0, 0.05) is 6.42 Å². The Bertz CT molecular complexity index is 249.